The predicted molar refractivity (Wildman–Crippen MR) is 72.8 cm³/mol. The van der Waals surface area contributed by atoms with E-state index in [-0.39, 0.29) is 16.5 Å². The second-order valence-electron chi connectivity index (χ2n) is 4.40. The molecule has 0 amide bonds. The molecule has 19 heavy (non-hydrogen) atoms. The number of rotatable bonds is 6. The van der Waals surface area contributed by atoms with Crippen LogP contribution in [0.15, 0.2) is 23.1 Å². The van der Waals surface area contributed by atoms with Crippen LogP contribution < -0.4 is 10.5 Å². The summed E-state index contributed by atoms with van der Waals surface area (Å²) in [5.74, 6) is -1.20. The average Bonchev–Trinajstić information content (AvgIpc) is 2.27. The highest BCUT2D eigenvalue weighted by Crippen LogP contribution is 2.23. The van der Waals surface area contributed by atoms with Gasteiger partial charge in [-0.15, -0.1) is 0 Å². The highest BCUT2D eigenvalue weighted by Gasteiger charge is 2.18. The van der Waals surface area contributed by atoms with Gasteiger partial charge in [0.05, 0.1) is 11.3 Å². The van der Waals surface area contributed by atoms with Gasteiger partial charge in [-0.3, -0.25) is 0 Å². The second-order valence-corrected chi connectivity index (χ2v) is 5.93. The van der Waals surface area contributed by atoms with Crippen LogP contribution in [0.2, 0.25) is 0 Å². The number of sulfonamides is 1. The van der Waals surface area contributed by atoms with E-state index in [0.717, 1.165) is 18.9 Å². The molecule has 4 N–H and O–H groups in total. The average molecular weight is 286 g/mol. The van der Waals surface area contributed by atoms with E-state index in [9.17, 15) is 13.2 Å². The van der Waals surface area contributed by atoms with Crippen molar-refractivity contribution in [3.63, 3.8) is 0 Å². The molecule has 1 atom stereocenters. The Morgan fingerprint density at radius 3 is 2.58 bits per heavy atom. The summed E-state index contributed by atoms with van der Waals surface area (Å²) >= 11 is 0. The lowest BCUT2D eigenvalue weighted by Gasteiger charge is -2.17. The first-order valence-corrected chi connectivity index (χ1v) is 7.47. The van der Waals surface area contributed by atoms with Gasteiger partial charge in [-0.2, -0.15) is 0 Å². The Hall–Kier alpha value is -1.60. The monoisotopic (exact) mass is 286 g/mol. The molecule has 0 aromatic heterocycles. The SMILES string of the molecule is CCC[C@H](C)Nc1ccc(C(=O)O)cc1S(N)(=O)=O. The highest BCUT2D eigenvalue weighted by molar-refractivity contribution is 7.89. The fourth-order valence-electron chi connectivity index (χ4n) is 1.78. The summed E-state index contributed by atoms with van der Waals surface area (Å²) in [5, 5.41) is 17.0. The summed E-state index contributed by atoms with van der Waals surface area (Å²) in [7, 11) is -3.98. The van der Waals surface area contributed by atoms with Crippen LogP contribution in [0.4, 0.5) is 5.69 Å². The number of carbonyl (C=O) groups is 1. The molecule has 0 unspecified atom stereocenters. The van der Waals surface area contributed by atoms with Gasteiger partial charge in [-0.1, -0.05) is 13.3 Å². The van der Waals surface area contributed by atoms with Crippen LogP contribution in [0.5, 0.6) is 0 Å². The molecule has 0 aliphatic carbocycles. The minimum Gasteiger partial charge on any atom is -0.478 e. The van der Waals surface area contributed by atoms with Gasteiger partial charge in [0, 0.05) is 6.04 Å². The minimum atomic E-state index is -3.98. The molecule has 0 aliphatic rings. The van der Waals surface area contributed by atoms with Crippen LogP contribution in [-0.2, 0) is 10.0 Å². The van der Waals surface area contributed by atoms with Crippen LogP contribution in [0.3, 0.4) is 0 Å². The molecule has 0 saturated heterocycles. The first kappa shape index (κ1) is 15.5. The topological polar surface area (TPSA) is 109 Å². The number of anilines is 1. The van der Waals surface area contributed by atoms with Crippen molar-refractivity contribution in [1.82, 2.24) is 0 Å². The van der Waals surface area contributed by atoms with E-state index in [1.165, 1.54) is 12.1 Å². The Morgan fingerprint density at radius 2 is 2.11 bits per heavy atom. The van der Waals surface area contributed by atoms with Gasteiger partial charge in [0.15, 0.2) is 0 Å². The highest BCUT2D eigenvalue weighted by atomic mass is 32.2. The zero-order chi connectivity index (χ0) is 14.6. The molecule has 106 valence electrons. The summed E-state index contributed by atoms with van der Waals surface area (Å²) in [6.45, 7) is 3.94. The lowest BCUT2D eigenvalue weighted by molar-refractivity contribution is 0.0696. The predicted octanol–water partition coefficient (Wildman–Crippen LogP) is 1.63. The Kier molecular flexibility index (Phi) is 4.90. The van der Waals surface area contributed by atoms with Crippen molar-refractivity contribution in [3.8, 4) is 0 Å². The molecule has 0 heterocycles. The van der Waals surface area contributed by atoms with E-state index in [0.29, 0.717) is 5.69 Å². The Bertz CT molecular complexity index is 569. The Balaban J connectivity index is 3.21. The maximum atomic E-state index is 11.5. The van der Waals surface area contributed by atoms with Gasteiger partial charge in [0.1, 0.15) is 4.90 Å². The van der Waals surface area contributed by atoms with Crippen molar-refractivity contribution >= 4 is 21.7 Å². The summed E-state index contributed by atoms with van der Waals surface area (Å²) in [5.41, 5.74) is 0.214. The zero-order valence-corrected chi connectivity index (χ0v) is 11.7. The molecule has 0 saturated carbocycles. The number of carboxylic acid groups (broad SMARTS) is 1. The standard InChI is InChI=1S/C12H18N2O4S/c1-3-4-8(2)14-10-6-5-9(12(15)16)7-11(10)19(13,17)18/h5-8,14H,3-4H2,1-2H3,(H,15,16)(H2,13,17,18)/t8-/m0/s1. The number of primary sulfonamides is 1. The third-order valence-corrected chi connectivity index (χ3v) is 3.61. The Morgan fingerprint density at radius 1 is 1.47 bits per heavy atom. The normalized spacial score (nSPS) is 13.0. The zero-order valence-electron chi connectivity index (χ0n) is 10.9. The number of hydrogen-bond donors (Lipinski definition) is 3. The fourth-order valence-corrected chi connectivity index (χ4v) is 2.51. The fraction of sp³-hybridized carbons (Fsp3) is 0.417. The van der Waals surface area contributed by atoms with E-state index in [4.69, 9.17) is 10.2 Å². The van der Waals surface area contributed by atoms with Crippen LogP contribution in [0.1, 0.15) is 37.0 Å². The first-order chi connectivity index (χ1) is 8.75. The van der Waals surface area contributed by atoms with Crippen molar-refractivity contribution in [2.24, 2.45) is 5.14 Å². The van der Waals surface area contributed by atoms with Crippen molar-refractivity contribution in [2.75, 3.05) is 5.32 Å². The largest absolute Gasteiger partial charge is 0.478 e. The maximum absolute atomic E-state index is 11.5. The van der Waals surface area contributed by atoms with Crippen LogP contribution in [0, 0.1) is 0 Å². The lowest BCUT2D eigenvalue weighted by Crippen LogP contribution is -2.20. The minimum absolute atomic E-state index is 0.0705. The summed E-state index contributed by atoms with van der Waals surface area (Å²) in [4.78, 5) is 10.7. The van der Waals surface area contributed by atoms with Gasteiger partial charge in [-0.25, -0.2) is 18.4 Å². The molecule has 0 spiro atoms. The summed E-state index contributed by atoms with van der Waals surface area (Å²) in [6, 6.07) is 3.91. The molecule has 0 bridgehead atoms. The van der Waals surface area contributed by atoms with Crippen molar-refractivity contribution in [2.45, 2.75) is 37.6 Å². The molecule has 0 fully saturated rings. The molecular formula is C12H18N2O4S. The van der Waals surface area contributed by atoms with Gasteiger partial charge >= 0.3 is 5.97 Å². The van der Waals surface area contributed by atoms with Crippen LogP contribution in [0.25, 0.3) is 0 Å². The van der Waals surface area contributed by atoms with Crippen LogP contribution >= 0.6 is 0 Å². The van der Waals surface area contributed by atoms with Crippen molar-refractivity contribution in [3.05, 3.63) is 23.8 Å². The number of benzene rings is 1. The van der Waals surface area contributed by atoms with Gasteiger partial charge in [0.2, 0.25) is 10.0 Å². The summed E-state index contributed by atoms with van der Waals surface area (Å²) in [6.07, 6.45) is 1.82. The quantitative estimate of drug-likeness (QED) is 0.736. The number of carboxylic acids is 1. The van der Waals surface area contributed by atoms with E-state index in [2.05, 4.69) is 5.32 Å². The van der Waals surface area contributed by atoms with E-state index in [1.807, 2.05) is 13.8 Å². The van der Waals surface area contributed by atoms with E-state index < -0.39 is 16.0 Å². The van der Waals surface area contributed by atoms with Crippen LogP contribution in [-0.4, -0.2) is 25.5 Å². The van der Waals surface area contributed by atoms with Gasteiger partial charge in [-0.05, 0) is 31.5 Å². The van der Waals surface area contributed by atoms with Crippen molar-refractivity contribution < 1.29 is 18.3 Å². The molecule has 7 heteroatoms. The van der Waals surface area contributed by atoms with Crippen molar-refractivity contribution in [1.29, 1.82) is 0 Å². The lowest BCUT2D eigenvalue weighted by atomic mass is 10.1. The molecule has 0 aliphatic heterocycles. The van der Waals surface area contributed by atoms with E-state index >= 15 is 0 Å². The number of nitrogens with two attached hydrogens (primary N) is 1. The number of aromatic carboxylic acids is 1. The number of nitrogens with one attached hydrogen (secondary N) is 1. The number of hydrogen-bond acceptors (Lipinski definition) is 4. The molecule has 1 aromatic rings. The third kappa shape index (κ3) is 4.22. The smallest absolute Gasteiger partial charge is 0.335 e. The molecule has 1 rings (SSSR count). The maximum Gasteiger partial charge on any atom is 0.335 e. The second kappa shape index (κ2) is 6.03. The molecule has 0 radical (unpaired) electrons. The summed E-state index contributed by atoms with van der Waals surface area (Å²) < 4.78 is 23.0. The molecule has 1 aromatic carbocycles. The molecule has 6 nitrogen and oxygen atoms in total. The van der Waals surface area contributed by atoms with Gasteiger partial charge in [0.25, 0.3) is 0 Å². The first-order valence-electron chi connectivity index (χ1n) is 5.92. The van der Waals surface area contributed by atoms with Gasteiger partial charge < -0.3 is 10.4 Å². The Labute approximate surface area is 112 Å². The third-order valence-electron chi connectivity index (χ3n) is 2.66. The molecular weight excluding hydrogens is 268 g/mol. The van der Waals surface area contributed by atoms with E-state index in [1.54, 1.807) is 0 Å².